The Morgan fingerprint density at radius 2 is 2.10 bits per heavy atom. The van der Waals surface area contributed by atoms with Gasteiger partial charge in [-0.25, -0.2) is 4.79 Å². The second-order valence-corrected chi connectivity index (χ2v) is 5.13. The monoisotopic (exact) mass is 291 g/mol. The fourth-order valence-corrected chi connectivity index (χ4v) is 2.28. The third-order valence-corrected chi connectivity index (χ3v) is 3.40. The second-order valence-electron chi connectivity index (χ2n) is 5.13. The van der Waals surface area contributed by atoms with Crippen LogP contribution in [0.4, 0.5) is 10.5 Å². The summed E-state index contributed by atoms with van der Waals surface area (Å²) >= 11 is 0. The molecule has 1 aliphatic rings. The van der Waals surface area contributed by atoms with Gasteiger partial charge >= 0.3 is 6.03 Å². The Balaban J connectivity index is 1.87. The minimum atomic E-state index is -0.268. The summed E-state index contributed by atoms with van der Waals surface area (Å²) in [6.45, 7) is 3.42. The Bertz CT molecular complexity index is 501. The number of nitrogens with zero attached hydrogens (tertiary/aromatic N) is 1. The maximum Gasteiger partial charge on any atom is 0.315 e. The highest BCUT2D eigenvalue weighted by molar-refractivity contribution is 5.96. The molecular weight excluding hydrogens is 270 g/mol. The van der Waals surface area contributed by atoms with Crippen LogP contribution in [-0.2, 0) is 9.53 Å². The average molecular weight is 291 g/mol. The zero-order chi connectivity index (χ0) is 15.2. The number of hydrogen-bond donors (Lipinski definition) is 2. The van der Waals surface area contributed by atoms with Gasteiger partial charge < -0.3 is 20.3 Å². The lowest BCUT2D eigenvalue weighted by atomic mass is 10.2. The third kappa shape index (κ3) is 4.19. The van der Waals surface area contributed by atoms with E-state index in [0.29, 0.717) is 26.1 Å². The van der Waals surface area contributed by atoms with Gasteiger partial charge in [0.1, 0.15) is 0 Å². The first-order valence-corrected chi connectivity index (χ1v) is 7.00. The van der Waals surface area contributed by atoms with Gasteiger partial charge in [-0.15, -0.1) is 0 Å². The van der Waals surface area contributed by atoms with Crippen LogP contribution in [0.2, 0.25) is 0 Å². The zero-order valence-electron chi connectivity index (χ0n) is 12.4. The number of aryl methyl sites for hydroxylation is 1. The number of amides is 3. The van der Waals surface area contributed by atoms with E-state index in [1.165, 1.54) is 0 Å². The number of hydrogen-bond acceptors (Lipinski definition) is 3. The molecule has 0 spiro atoms. The van der Waals surface area contributed by atoms with Crippen molar-refractivity contribution in [2.24, 2.45) is 0 Å². The molecule has 0 aliphatic carbocycles. The van der Waals surface area contributed by atoms with Gasteiger partial charge in [0.15, 0.2) is 0 Å². The van der Waals surface area contributed by atoms with E-state index < -0.39 is 0 Å². The number of carbonyl (C=O) groups excluding carboxylic acids is 2. The molecule has 1 aliphatic heterocycles. The first-order chi connectivity index (χ1) is 10.1. The lowest BCUT2D eigenvalue weighted by Crippen LogP contribution is -2.44. The standard InChI is InChI=1S/C15H21N3O3/c1-11-3-5-13(6-4-11)18-10-12(9-14(18)19)17-15(20)16-7-8-21-2/h3-6,12H,7-10H2,1-2H3,(H2,16,17,20)/t12-/m0/s1. The van der Waals surface area contributed by atoms with Gasteiger partial charge in [0.2, 0.25) is 5.91 Å². The largest absolute Gasteiger partial charge is 0.383 e. The van der Waals surface area contributed by atoms with E-state index in [1.54, 1.807) is 12.0 Å². The van der Waals surface area contributed by atoms with E-state index in [0.717, 1.165) is 11.3 Å². The molecule has 2 N–H and O–H groups in total. The van der Waals surface area contributed by atoms with Crippen molar-refractivity contribution < 1.29 is 14.3 Å². The smallest absolute Gasteiger partial charge is 0.315 e. The number of rotatable bonds is 5. The Labute approximate surface area is 124 Å². The normalized spacial score (nSPS) is 17.9. The van der Waals surface area contributed by atoms with Gasteiger partial charge in [-0.3, -0.25) is 4.79 Å². The molecule has 1 saturated heterocycles. The predicted octanol–water partition coefficient (Wildman–Crippen LogP) is 1.05. The molecule has 1 aromatic rings. The first kappa shape index (κ1) is 15.3. The van der Waals surface area contributed by atoms with Gasteiger partial charge in [0, 0.05) is 32.3 Å². The van der Waals surface area contributed by atoms with Crippen LogP contribution in [0.5, 0.6) is 0 Å². The first-order valence-electron chi connectivity index (χ1n) is 7.00. The summed E-state index contributed by atoms with van der Waals surface area (Å²) in [4.78, 5) is 25.4. The van der Waals surface area contributed by atoms with Crippen molar-refractivity contribution >= 4 is 17.6 Å². The summed E-state index contributed by atoms with van der Waals surface area (Å²) < 4.78 is 4.86. The molecular formula is C15H21N3O3. The van der Waals surface area contributed by atoms with Crippen molar-refractivity contribution in [1.29, 1.82) is 0 Å². The maximum absolute atomic E-state index is 12.0. The summed E-state index contributed by atoms with van der Waals surface area (Å²) in [6.07, 6.45) is 0.325. The van der Waals surface area contributed by atoms with Crippen LogP contribution in [0, 0.1) is 6.92 Å². The SMILES string of the molecule is COCCNC(=O)N[C@H]1CC(=O)N(c2ccc(C)cc2)C1. The van der Waals surface area contributed by atoms with Gasteiger partial charge in [-0.05, 0) is 19.1 Å². The number of anilines is 1. The molecule has 6 heteroatoms. The lowest BCUT2D eigenvalue weighted by molar-refractivity contribution is -0.117. The fourth-order valence-electron chi connectivity index (χ4n) is 2.28. The van der Waals surface area contributed by atoms with E-state index in [2.05, 4.69) is 10.6 Å². The molecule has 0 bridgehead atoms. The Hall–Kier alpha value is -2.08. The number of methoxy groups -OCH3 is 1. The van der Waals surface area contributed by atoms with Crippen LogP contribution in [0.25, 0.3) is 0 Å². The Morgan fingerprint density at radius 3 is 2.76 bits per heavy atom. The van der Waals surface area contributed by atoms with Crippen LogP contribution in [0.15, 0.2) is 24.3 Å². The number of benzene rings is 1. The van der Waals surface area contributed by atoms with E-state index >= 15 is 0 Å². The van der Waals surface area contributed by atoms with E-state index in [4.69, 9.17) is 4.74 Å². The molecule has 1 aromatic carbocycles. The van der Waals surface area contributed by atoms with Crippen LogP contribution in [0.3, 0.4) is 0 Å². The van der Waals surface area contributed by atoms with Crippen molar-refractivity contribution in [2.75, 3.05) is 31.7 Å². The number of urea groups is 1. The van der Waals surface area contributed by atoms with E-state index in [9.17, 15) is 9.59 Å². The number of nitrogens with one attached hydrogen (secondary N) is 2. The molecule has 0 aromatic heterocycles. The molecule has 3 amide bonds. The molecule has 21 heavy (non-hydrogen) atoms. The maximum atomic E-state index is 12.0. The average Bonchev–Trinajstić information content (AvgIpc) is 2.80. The minimum Gasteiger partial charge on any atom is -0.383 e. The zero-order valence-corrected chi connectivity index (χ0v) is 12.4. The molecule has 1 atom stereocenters. The molecule has 0 saturated carbocycles. The summed E-state index contributed by atoms with van der Waals surface area (Å²) in [5.74, 6) is 0.0287. The molecule has 114 valence electrons. The molecule has 1 heterocycles. The van der Waals surface area contributed by atoms with E-state index in [-0.39, 0.29) is 18.0 Å². The Kier molecular flexibility index (Phi) is 5.16. The van der Waals surface area contributed by atoms with E-state index in [1.807, 2.05) is 31.2 Å². The number of carbonyl (C=O) groups is 2. The summed E-state index contributed by atoms with van der Waals surface area (Å²) in [5.41, 5.74) is 2.02. The molecule has 6 nitrogen and oxygen atoms in total. The molecule has 2 rings (SSSR count). The third-order valence-electron chi connectivity index (χ3n) is 3.40. The highest BCUT2D eigenvalue weighted by atomic mass is 16.5. The topological polar surface area (TPSA) is 70.7 Å². The summed E-state index contributed by atoms with van der Waals surface area (Å²) in [7, 11) is 1.58. The van der Waals surface area contributed by atoms with Crippen LogP contribution in [0.1, 0.15) is 12.0 Å². The summed E-state index contributed by atoms with van der Waals surface area (Å²) in [6, 6.07) is 7.36. The van der Waals surface area contributed by atoms with Gasteiger partial charge in [0.05, 0.1) is 12.6 Å². The van der Waals surface area contributed by atoms with Crippen LogP contribution in [-0.4, -0.2) is 44.8 Å². The molecule has 1 fully saturated rings. The van der Waals surface area contributed by atoms with Gasteiger partial charge in [0.25, 0.3) is 0 Å². The molecule has 0 radical (unpaired) electrons. The van der Waals surface area contributed by atoms with Crippen molar-refractivity contribution in [1.82, 2.24) is 10.6 Å². The second kappa shape index (κ2) is 7.08. The van der Waals surface area contributed by atoms with Crippen LogP contribution >= 0.6 is 0 Å². The van der Waals surface area contributed by atoms with Crippen LogP contribution < -0.4 is 15.5 Å². The highest BCUT2D eigenvalue weighted by Crippen LogP contribution is 2.21. The minimum absolute atomic E-state index is 0.0287. The summed E-state index contributed by atoms with van der Waals surface area (Å²) in [5, 5.41) is 5.49. The van der Waals surface area contributed by atoms with Crippen molar-refractivity contribution in [2.45, 2.75) is 19.4 Å². The van der Waals surface area contributed by atoms with Crippen molar-refractivity contribution in [3.05, 3.63) is 29.8 Å². The van der Waals surface area contributed by atoms with Gasteiger partial charge in [-0.1, -0.05) is 17.7 Å². The fraction of sp³-hybridized carbons (Fsp3) is 0.467. The number of ether oxygens (including phenoxy) is 1. The highest BCUT2D eigenvalue weighted by Gasteiger charge is 2.31. The molecule has 0 unspecified atom stereocenters. The Morgan fingerprint density at radius 1 is 1.38 bits per heavy atom. The van der Waals surface area contributed by atoms with Crippen molar-refractivity contribution in [3.8, 4) is 0 Å². The predicted molar refractivity (Wildman–Crippen MR) is 80.3 cm³/mol. The van der Waals surface area contributed by atoms with Crippen molar-refractivity contribution in [3.63, 3.8) is 0 Å². The van der Waals surface area contributed by atoms with Gasteiger partial charge in [-0.2, -0.15) is 0 Å². The quantitative estimate of drug-likeness (QED) is 0.797. The lowest BCUT2D eigenvalue weighted by Gasteiger charge is -2.17.